The Morgan fingerprint density at radius 3 is 2.50 bits per heavy atom. The summed E-state index contributed by atoms with van der Waals surface area (Å²) in [5.41, 5.74) is 3.24. The molecule has 0 amide bonds. The summed E-state index contributed by atoms with van der Waals surface area (Å²) in [5, 5.41) is 0.914. The van der Waals surface area contributed by atoms with Crippen molar-refractivity contribution in [3.8, 4) is 16.9 Å². The monoisotopic (exact) mass is 296 g/mol. The highest BCUT2D eigenvalue weighted by Gasteiger charge is 2.15. The van der Waals surface area contributed by atoms with Crippen LogP contribution in [-0.2, 0) is 10.8 Å². The maximum absolute atomic E-state index is 5.53. The Bertz CT molecular complexity index is 446. The van der Waals surface area contributed by atoms with E-state index in [1.165, 1.54) is 0 Å². The Hall–Kier alpha value is -1.33. The van der Waals surface area contributed by atoms with Crippen LogP contribution in [0.4, 0.5) is 0 Å². The molecular weight excluding hydrogens is 272 g/mol. The lowest BCUT2D eigenvalue weighted by Crippen LogP contribution is -2.10. The lowest BCUT2D eigenvalue weighted by molar-refractivity contribution is 0.155. The normalized spacial score (nSPS) is 10.2. The van der Waals surface area contributed by atoms with E-state index in [0.717, 1.165) is 35.8 Å². The van der Waals surface area contributed by atoms with E-state index in [4.69, 9.17) is 18.9 Å². The minimum Gasteiger partial charge on any atom is -0.498 e. The van der Waals surface area contributed by atoms with Gasteiger partial charge in [-0.2, -0.15) is 0 Å². The zero-order valence-electron chi connectivity index (χ0n) is 12.8. The Morgan fingerprint density at radius 2 is 1.95 bits per heavy atom. The zero-order valence-corrected chi connectivity index (χ0v) is 13.8. The fraction of sp³-hybridized carbons (Fsp3) is 0.533. The summed E-state index contributed by atoms with van der Waals surface area (Å²) in [5.74, 6) is 1.44. The summed E-state index contributed by atoms with van der Waals surface area (Å²) in [4.78, 5) is 0. The van der Waals surface area contributed by atoms with Crippen LogP contribution in [0.15, 0.2) is 23.9 Å². The molecule has 1 aromatic heterocycles. The van der Waals surface area contributed by atoms with Crippen molar-refractivity contribution in [3.05, 3.63) is 23.9 Å². The van der Waals surface area contributed by atoms with E-state index in [2.05, 4.69) is 12.3 Å². The molecule has 1 aromatic rings. The van der Waals surface area contributed by atoms with E-state index in [9.17, 15) is 0 Å². The molecule has 0 aliphatic rings. The molecule has 5 heteroatoms. The molecule has 1 heterocycles. The maximum Gasteiger partial charge on any atom is 0.197 e. The van der Waals surface area contributed by atoms with Crippen LogP contribution in [0.2, 0.25) is 0 Å². The van der Waals surface area contributed by atoms with Crippen LogP contribution in [-0.4, -0.2) is 42.9 Å². The third-order valence-electron chi connectivity index (χ3n) is 2.87. The second kappa shape index (κ2) is 8.76. The Balaban J connectivity index is 2.67. The van der Waals surface area contributed by atoms with E-state index in [0.29, 0.717) is 12.4 Å². The smallest absolute Gasteiger partial charge is 0.197 e. The molecule has 0 aromatic carbocycles. The van der Waals surface area contributed by atoms with Crippen molar-refractivity contribution < 1.29 is 18.9 Å². The molecule has 0 radical (unpaired) electrons. The highest BCUT2D eigenvalue weighted by atomic mass is 28.2. The fourth-order valence-electron chi connectivity index (χ4n) is 1.97. The van der Waals surface area contributed by atoms with Gasteiger partial charge in [-0.25, -0.2) is 0 Å². The molecule has 0 spiro atoms. The molecule has 0 N–H and O–H groups in total. The summed E-state index contributed by atoms with van der Waals surface area (Å²) >= 11 is 0. The van der Waals surface area contributed by atoms with Gasteiger partial charge in [0.05, 0.1) is 36.3 Å². The largest absolute Gasteiger partial charge is 0.498 e. The van der Waals surface area contributed by atoms with Crippen molar-refractivity contribution in [2.24, 2.45) is 0 Å². The lowest BCUT2D eigenvalue weighted by atomic mass is 10.4. The number of hydrogen-bond donors (Lipinski definition) is 0. The number of ether oxygens (including phenoxy) is 4. The zero-order chi connectivity index (χ0) is 15.0. The standard InChI is InChI=1S/C15H24O4Si/c1-12(2)11-19-8-6-9-20-10-7-13(16-3)14(17-4)15(20)18-5/h7,10H,1,6,8-9,11H2,2-5H3. The fourth-order valence-corrected chi connectivity index (χ4v) is 4.17. The van der Waals surface area contributed by atoms with Crippen molar-refractivity contribution in [1.82, 2.24) is 0 Å². The summed E-state index contributed by atoms with van der Waals surface area (Å²) in [6.07, 6.45) is 0.998. The average molecular weight is 296 g/mol. The molecule has 0 bridgehead atoms. The van der Waals surface area contributed by atoms with E-state index in [1.807, 2.05) is 13.0 Å². The second-order valence-corrected chi connectivity index (χ2v) is 6.94. The number of rotatable bonds is 9. The van der Waals surface area contributed by atoms with Gasteiger partial charge in [0.1, 0.15) is 5.36 Å². The maximum atomic E-state index is 5.53. The lowest BCUT2D eigenvalue weighted by Gasteiger charge is -2.15. The number of aryl methyl sites for hydroxylation is 1. The molecule has 0 aliphatic heterocycles. The van der Waals surface area contributed by atoms with Gasteiger partial charge >= 0.3 is 0 Å². The molecular formula is C15H24O4Si. The first-order chi connectivity index (χ1) is 9.63. The van der Waals surface area contributed by atoms with Crippen molar-refractivity contribution in [2.75, 3.05) is 34.5 Å². The first-order valence-electron chi connectivity index (χ1n) is 6.64. The van der Waals surface area contributed by atoms with Crippen LogP contribution in [0.1, 0.15) is 13.3 Å². The Kier molecular flexibility index (Phi) is 7.32. The Morgan fingerprint density at radius 1 is 1.20 bits per heavy atom. The van der Waals surface area contributed by atoms with Crippen LogP contribution in [0.3, 0.4) is 0 Å². The highest BCUT2D eigenvalue weighted by molar-refractivity contribution is 6.55. The Labute approximate surface area is 122 Å². The van der Waals surface area contributed by atoms with Crippen molar-refractivity contribution in [3.63, 3.8) is 0 Å². The van der Waals surface area contributed by atoms with Gasteiger partial charge in [-0.05, 0) is 25.5 Å². The van der Waals surface area contributed by atoms with Gasteiger partial charge in [0.15, 0.2) is 11.5 Å². The van der Waals surface area contributed by atoms with E-state index in [1.54, 1.807) is 21.3 Å². The van der Waals surface area contributed by atoms with Crippen LogP contribution in [0.25, 0.3) is 0 Å². The summed E-state index contributed by atoms with van der Waals surface area (Å²) < 4.78 is 21.8. The van der Waals surface area contributed by atoms with Gasteiger partial charge in [0.2, 0.25) is 0 Å². The second-order valence-electron chi connectivity index (χ2n) is 4.61. The van der Waals surface area contributed by atoms with Gasteiger partial charge in [0, 0.05) is 6.61 Å². The van der Waals surface area contributed by atoms with Crippen molar-refractivity contribution in [2.45, 2.75) is 19.4 Å². The highest BCUT2D eigenvalue weighted by Crippen LogP contribution is 2.36. The minimum atomic E-state index is -0.892. The molecule has 0 unspecified atom stereocenters. The van der Waals surface area contributed by atoms with E-state index < -0.39 is 8.40 Å². The van der Waals surface area contributed by atoms with Crippen LogP contribution in [0.5, 0.6) is 16.9 Å². The van der Waals surface area contributed by atoms with Gasteiger partial charge in [-0.1, -0.05) is 17.8 Å². The molecule has 0 fully saturated rings. The van der Waals surface area contributed by atoms with Crippen molar-refractivity contribution >= 4 is 8.40 Å². The van der Waals surface area contributed by atoms with Crippen LogP contribution >= 0.6 is 0 Å². The van der Waals surface area contributed by atoms with Crippen LogP contribution < -0.4 is 14.2 Å². The van der Waals surface area contributed by atoms with E-state index >= 15 is 0 Å². The molecule has 0 aliphatic carbocycles. The van der Waals surface area contributed by atoms with Gasteiger partial charge in [-0.15, -0.1) is 0 Å². The number of methoxy groups -OCH3 is 3. The quantitative estimate of drug-likeness (QED) is 0.399. The molecule has 4 nitrogen and oxygen atoms in total. The molecule has 0 saturated carbocycles. The van der Waals surface area contributed by atoms with Gasteiger partial charge in [-0.3, -0.25) is 0 Å². The van der Waals surface area contributed by atoms with Gasteiger partial charge < -0.3 is 18.9 Å². The SMILES string of the molecule is C=C(C)COCCC[si]1ccc(OC)c(OC)c1OC. The predicted octanol–water partition coefficient (Wildman–Crippen LogP) is 2.72. The number of hydrogen-bond acceptors (Lipinski definition) is 4. The average Bonchev–Trinajstić information content (AvgIpc) is 2.45. The summed E-state index contributed by atoms with van der Waals surface area (Å²) in [7, 11) is 4.07. The predicted molar refractivity (Wildman–Crippen MR) is 82.3 cm³/mol. The molecule has 1 rings (SSSR count). The third kappa shape index (κ3) is 4.65. The molecule has 0 atom stereocenters. The van der Waals surface area contributed by atoms with E-state index in [-0.39, 0.29) is 0 Å². The molecule has 20 heavy (non-hydrogen) atoms. The first-order valence-corrected chi connectivity index (χ1v) is 8.42. The summed E-state index contributed by atoms with van der Waals surface area (Å²) in [6, 6.07) is 3.02. The first kappa shape index (κ1) is 16.7. The third-order valence-corrected chi connectivity index (χ3v) is 5.34. The van der Waals surface area contributed by atoms with Crippen LogP contribution in [0, 0.1) is 0 Å². The topological polar surface area (TPSA) is 36.9 Å². The molecule has 112 valence electrons. The summed E-state index contributed by atoms with van der Waals surface area (Å²) in [6.45, 7) is 7.16. The minimum absolute atomic E-state index is 0.635. The molecule has 0 saturated heterocycles. The van der Waals surface area contributed by atoms with Crippen molar-refractivity contribution in [1.29, 1.82) is 0 Å². The van der Waals surface area contributed by atoms with Gasteiger partial charge in [0.25, 0.3) is 0 Å².